The van der Waals surface area contributed by atoms with E-state index in [9.17, 15) is 4.79 Å². The minimum Gasteiger partial charge on any atom is -0.490 e. The van der Waals surface area contributed by atoms with Gasteiger partial charge in [0.05, 0.1) is 12.2 Å². The predicted molar refractivity (Wildman–Crippen MR) is 140 cm³/mol. The summed E-state index contributed by atoms with van der Waals surface area (Å²) < 4.78 is 11.8. The third-order valence-electron chi connectivity index (χ3n) is 6.24. The molecule has 0 radical (unpaired) electrons. The van der Waals surface area contributed by atoms with E-state index in [2.05, 4.69) is 10.1 Å². The summed E-state index contributed by atoms with van der Waals surface area (Å²) in [6, 6.07) is 15.4. The van der Waals surface area contributed by atoms with Gasteiger partial charge >= 0.3 is 0 Å². The fourth-order valence-corrected chi connectivity index (χ4v) is 5.48. The van der Waals surface area contributed by atoms with E-state index in [-0.39, 0.29) is 11.4 Å². The van der Waals surface area contributed by atoms with Gasteiger partial charge in [-0.25, -0.2) is 0 Å². The molecular formula is C27H28N4O3S. The second-order valence-electron chi connectivity index (χ2n) is 8.71. The Hall–Kier alpha value is -3.39. The molecule has 0 aromatic heterocycles. The lowest BCUT2D eigenvalue weighted by atomic mass is 9.90. The average Bonchev–Trinajstić information content (AvgIpc) is 3.32. The minimum atomic E-state index is -0.420. The zero-order valence-electron chi connectivity index (χ0n) is 19.7. The zero-order valence-corrected chi connectivity index (χ0v) is 20.5. The summed E-state index contributed by atoms with van der Waals surface area (Å²) in [5.74, 6) is 1.25. The van der Waals surface area contributed by atoms with Crippen LogP contribution in [0.4, 0.5) is 0 Å². The molecule has 0 saturated heterocycles. The van der Waals surface area contributed by atoms with Gasteiger partial charge in [0.15, 0.2) is 17.3 Å². The van der Waals surface area contributed by atoms with Crippen molar-refractivity contribution in [1.29, 1.82) is 5.41 Å². The van der Waals surface area contributed by atoms with Gasteiger partial charge in [0, 0.05) is 5.92 Å². The third kappa shape index (κ3) is 5.17. The highest BCUT2D eigenvalue weighted by Crippen LogP contribution is 2.36. The molecule has 2 aromatic carbocycles. The summed E-state index contributed by atoms with van der Waals surface area (Å²) in [4.78, 5) is 17.1. The fourth-order valence-electron chi connectivity index (χ4n) is 4.43. The van der Waals surface area contributed by atoms with Crippen LogP contribution in [-0.4, -0.2) is 33.6 Å². The summed E-state index contributed by atoms with van der Waals surface area (Å²) in [5.41, 5.74) is 2.01. The fraction of sp³-hybridized carbons (Fsp3) is 0.333. The van der Waals surface area contributed by atoms with E-state index >= 15 is 0 Å². The van der Waals surface area contributed by atoms with Crippen LogP contribution in [0.15, 0.2) is 64.2 Å². The summed E-state index contributed by atoms with van der Waals surface area (Å²) in [5, 5.41) is 16.3. The molecule has 180 valence electrons. The third-order valence-corrected chi connectivity index (χ3v) is 7.31. The molecule has 2 aliphatic heterocycles. The number of nitrogens with zero attached hydrogens (tertiary/aromatic N) is 3. The molecule has 2 heterocycles. The maximum atomic E-state index is 12.8. The number of rotatable bonds is 7. The first-order valence-corrected chi connectivity index (χ1v) is 12.9. The monoisotopic (exact) mass is 488 g/mol. The number of carbonyl (C=O) groups excluding carboxylic acids is 1. The average molecular weight is 489 g/mol. The molecule has 7 nitrogen and oxygen atoms in total. The van der Waals surface area contributed by atoms with Gasteiger partial charge in [-0.1, -0.05) is 55.7 Å². The van der Waals surface area contributed by atoms with Crippen molar-refractivity contribution in [2.24, 2.45) is 16.0 Å². The van der Waals surface area contributed by atoms with Crippen LogP contribution in [0.1, 0.15) is 50.2 Å². The highest BCUT2D eigenvalue weighted by Gasteiger charge is 2.37. The number of amides is 1. The lowest BCUT2D eigenvalue weighted by Crippen LogP contribution is -2.35. The van der Waals surface area contributed by atoms with Crippen molar-refractivity contribution in [3.8, 4) is 11.5 Å². The van der Waals surface area contributed by atoms with E-state index in [1.54, 1.807) is 6.08 Å². The molecule has 1 saturated carbocycles. The van der Waals surface area contributed by atoms with Gasteiger partial charge in [0.2, 0.25) is 5.17 Å². The highest BCUT2D eigenvalue weighted by atomic mass is 32.2. The van der Waals surface area contributed by atoms with Gasteiger partial charge in [-0.3, -0.25) is 10.2 Å². The number of fused-ring (bicyclic) bond motifs is 1. The van der Waals surface area contributed by atoms with Crippen molar-refractivity contribution < 1.29 is 14.3 Å². The summed E-state index contributed by atoms with van der Waals surface area (Å²) >= 11 is 1.43. The van der Waals surface area contributed by atoms with E-state index < -0.39 is 5.91 Å². The standard InChI is InChI=1S/C27H28N4O3S/c1-2-33-23-16-19(13-14-22(23)34-17-18-9-5-3-6-10-18)15-21-24(28)31-27(29-25(21)32)35-26(30-31)20-11-7-4-8-12-20/h3,5-6,9-10,13-16,20,28H,2,4,7-8,11-12,17H2,1H3/b21-15-,28-24?. The molecule has 2 aromatic rings. The van der Waals surface area contributed by atoms with Crippen molar-refractivity contribution in [3.05, 3.63) is 65.2 Å². The number of nitrogens with one attached hydrogen (secondary N) is 1. The summed E-state index contributed by atoms with van der Waals surface area (Å²) in [7, 11) is 0. The molecule has 1 aliphatic carbocycles. The molecule has 0 atom stereocenters. The topological polar surface area (TPSA) is 87.3 Å². The number of hydrogen-bond acceptors (Lipinski definition) is 6. The van der Waals surface area contributed by atoms with Gasteiger partial charge in [-0.2, -0.15) is 15.1 Å². The predicted octanol–water partition coefficient (Wildman–Crippen LogP) is 5.86. The Balaban J connectivity index is 1.36. The number of benzene rings is 2. The molecule has 0 bridgehead atoms. The molecule has 5 rings (SSSR count). The first kappa shape index (κ1) is 23.4. The van der Waals surface area contributed by atoms with Gasteiger partial charge in [-0.05, 0) is 60.9 Å². The minimum absolute atomic E-state index is 0.0562. The second kappa shape index (κ2) is 10.5. The van der Waals surface area contributed by atoms with Crippen LogP contribution in [0, 0.1) is 11.3 Å². The Kier molecular flexibility index (Phi) is 6.99. The van der Waals surface area contributed by atoms with E-state index in [4.69, 9.17) is 14.9 Å². The zero-order chi connectivity index (χ0) is 24.2. The van der Waals surface area contributed by atoms with Crippen molar-refractivity contribution in [3.63, 3.8) is 0 Å². The molecule has 1 fully saturated rings. The van der Waals surface area contributed by atoms with Crippen LogP contribution in [0.2, 0.25) is 0 Å². The maximum Gasteiger partial charge on any atom is 0.283 e. The Bertz CT molecular complexity index is 1220. The van der Waals surface area contributed by atoms with E-state index in [1.165, 1.54) is 36.0 Å². The summed E-state index contributed by atoms with van der Waals surface area (Å²) in [6.07, 6.45) is 7.55. The SMILES string of the molecule is CCOc1cc(/C=C2/C(=N)N3N=C(C4CCCCC4)SC3=NC2=O)ccc1OCc1ccccc1. The Morgan fingerprint density at radius 2 is 1.89 bits per heavy atom. The van der Waals surface area contributed by atoms with Crippen molar-refractivity contribution in [1.82, 2.24) is 5.01 Å². The Morgan fingerprint density at radius 3 is 2.66 bits per heavy atom. The van der Waals surface area contributed by atoms with Crippen molar-refractivity contribution in [2.45, 2.75) is 45.6 Å². The molecule has 3 aliphatic rings. The van der Waals surface area contributed by atoms with Crippen LogP contribution in [0.3, 0.4) is 0 Å². The number of hydrogen-bond donors (Lipinski definition) is 1. The molecule has 8 heteroatoms. The smallest absolute Gasteiger partial charge is 0.283 e. The highest BCUT2D eigenvalue weighted by molar-refractivity contribution is 8.27. The second-order valence-corrected chi connectivity index (χ2v) is 9.69. The Morgan fingerprint density at radius 1 is 1.09 bits per heavy atom. The number of carbonyl (C=O) groups is 1. The van der Waals surface area contributed by atoms with Crippen LogP contribution in [0.25, 0.3) is 6.08 Å². The number of amidine groups is 2. The van der Waals surface area contributed by atoms with Crippen LogP contribution >= 0.6 is 11.8 Å². The van der Waals surface area contributed by atoms with E-state index in [0.717, 1.165) is 29.0 Å². The number of ether oxygens (including phenoxy) is 2. The van der Waals surface area contributed by atoms with E-state index in [1.807, 2.05) is 55.5 Å². The van der Waals surface area contributed by atoms with Crippen LogP contribution in [-0.2, 0) is 11.4 Å². The lowest BCUT2D eigenvalue weighted by molar-refractivity contribution is -0.114. The number of hydrazone groups is 1. The first-order chi connectivity index (χ1) is 17.1. The molecule has 1 N–H and O–H groups in total. The molecule has 0 spiro atoms. The number of aliphatic imine (C=N–C) groups is 1. The summed E-state index contributed by atoms with van der Waals surface area (Å²) in [6.45, 7) is 2.82. The molecular weight excluding hydrogens is 460 g/mol. The largest absolute Gasteiger partial charge is 0.490 e. The normalized spacial score (nSPS) is 19.5. The lowest BCUT2D eigenvalue weighted by Gasteiger charge is -2.20. The molecule has 1 amide bonds. The van der Waals surface area contributed by atoms with Gasteiger partial charge in [0.25, 0.3) is 5.91 Å². The first-order valence-electron chi connectivity index (χ1n) is 12.1. The van der Waals surface area contributed by atoms with Gasteiger partial charge < -0.3 is 9.47 Å². The van der Waals surface area contributed by atoms with Crippen molar-refractivity contribution >= 4 is 39.8 Å². The van der Waals surface area contributed by atoms with Crippen LogP contribution < -0.4 is 9.47 Å². The van der Waals surface area contributed by atoms with Crippen molar-refractivity contribution in [2.75, 3.05) is 6.61 Å². The van der Waals surface area contributed by atoms with E-state index in [0.29, 0.717) is 35.8 Å². The number of thioether (sulfide) groups is 1. The molecule has 0 unspecified atom stereocenters. The van der Waals surface area contributed by atoms with Gasteiger partial charge in [-0.15, -0.1) is 0 Å². The van der Waals surface area contributed by atoms with Crippen LogP contribution in [0.5, 0.6) is 11.5 Å². The maximum absolute atomic E-state index is 12.8. The quantitative estimate of drug-likeness (QED) is 0.493. The Labute approximate surface area is 209 Å². The molecule has 35 heavy (non-hydrogen) atoms. The van der Waals surface area contributed by atoms with Gasteiger partial charge in [0.1, 0.15) is 11.7 Å².